The Labute approximate surface area is 263 Å². The van der Waals surface area contributed by atoms with Gasteiger partial charge in [-0.2, -0.15) is 0 Å². The van der Waals surface area contributed by atoms with E-state index in [9.17, 15) is 19.2 Å². The van der Waals surface area contributed by atoms with E-state index in [1.54, 1.807) is 23.8 Å². The largest absolute Gasteiger partial charge is 0.456 e. The number of aryl methyl sites for hydroxylation is 1. The van der Waals surface area contributed by atoms with Gasteiger partial charge >= 0.3 is 5.97 Å². The molecule has 2 heterocycles. The van der Waals surface area contributed by atoms with Crippen molar-refractivity contribution in [1.29, 1.82) is 0 Å². The quantitative estimate of drug-likeness (QED) is 0.315. The highest BCUT2D eigenvalue weighted by molar-refractivity contribution is 5.96. The molecule has 2 saturated heterocycles. The first-order valence-corrected chi connectivity index (χ1v) is 16.5. The van der Waals surface area contributed by atoms with Crippen LogP contribution >= 0.6 is 0 Å². The number of likely N-dealkylation sites (N-methyl/N-ethyl adjacent to an activating group) is 2. The number of esters is 1. The number of hydrogen-bond acceptors (Lipinski definition) is 6. The molecule has 0 saturated carbocycles. The van der Waals surface area contributed by atoms with Crippen LogP contribution in [0.2, 0.25) is 0 Å². The van der Waals surface area contributed by atoms with Crippen molar-refractivity contribution < 1.29 is 23.9 Å². The summed E-state index contributed by atoms with van der Waals surface area (Å²) in [6.07, 6.45) is 7.38. The molecule has 0 spiro atoms. The molecule has 1 aromatic rings. The molecule has 0 radical (unpaired) electrons. The van der Waals surface area contributed by atoms with Gasteiger partial charge in [0.1, 0.15) is 18.2 Å². The summed E-state index contributed by atoms with van der Waals surface area (Å²) in [5, 5.41) is 3.05. The van der Waals surface area contributed by atoms with Gasteiger partial charge in [0.25, 0.3) is 0 Å². The van der Waals surface area contributed by atoms with Crippen LogP contribution in [-0.4, -0.2) is 89.7 Å². The number of ether oxygens (including phenoxy) is 1. The van der Waals surface area contributed by atoms with E-state index in [1.807, 2.05) is 59.0 Å². The second-order valence-corrected chi connectivity index (χ2v) is 13.6. The van der Waals surface area contributed by atoms with Crippen LogP contribution in [0, 0.1) is 11.8 Å². The average molecular weight is 609 g/mol. The zero-order valence-electron chi connectivity index (χ0n) is 27.7. The highest BCUT2D eigenvalue weighted by atomic mass is 16.5. The zero-order chi connectivity index (χ0) is 32.1. The van der Waals surface area contributed by atoms with Gasteiger partial charge in [0.05, 0.1) is 12.1 Å². The molecule has 0 aromatic heterocycles. The number of nitrogens with zero attached hydrogens (tertiary/aromatic N) is 3. The van der Waals surface area contributed by atoms with Gasteiger partial charge in [0, 0.05) is 19.2 Å². The monoisotopic (exact) mass is 608 g/mol. The highest BCUT2D eigenvalue weighted by Crippen LogP contribution is 2.35. The summed E-state index contributed by atoms with van der Waals surface area (Å²) in [7, 11) is 3.70. The van der Waals surface area contributed by atoms with E-state index < -0.39 is 12.1 Å². The van der Waals surface area contributed by atoms with Crippen LogP contribution < -0.4 is 5.32 Å². The maximum Gasteiger partial charge on any atom is 0.329 e. The van der Waals surface area contributed by atoms with Crippen LogP contribution in [0.4, 0.5) is 0 Å². The molecule has 2 fully saturated rings. The predicted octanol–water partition coefficient (Wildman–Crippen LogP) is 4.26. The fourth-order valence-corrected chi connectivity index (χ4v) is 6.96. The van der Waals surface area contributed by atoms with Crippen molar-refractivity contribution >= 4 is 23.7 Å². The SMILES string of the molecule is C/C(=C\[C@H](C(C)C)N(C)C(=O)[C@@H](NC(=O)[C@H]1CCCCN1C)C(C)C)C(=O)N1CCC[C@H]1C(=O)OC1CCc2ccccc21. The third-order valence-electron chi connectivity index (χ3n) is 9.66. The Hall–Kier alpha value is -3.20. The minimum Gasteiger partial charge on any atom is -0.456 e. The molecule has 1 aromatic carbocycles. The van der Waals surface area contributed by atoms with Gasteiger partial charge in [0.15, 0.2) is 0 Å². The maximum absolute atomic E-state index is 13.8. The average Bonchev–Trinajstić information content (AvgIpc) is 3.65. The Bertz CT molecular complexity index is 1240. The Balaban J connectivity index is 1.44. The first-order chi connectivity index (χ1) is 20.9. The number of likely N-dealkylation sites (tertiary alicyclic amines) is 2. The van der Waals surface area contributed by atoms with E-state index in [0.29, 0.717) is 18.5 Å². The molecule has 4 rings (SSSR count). The molecule has 1 aliphatic carbocycles. The second-order valence-electron chi connectivity index (χ2n) is 13.6. The van der Waals surface area contributed by atoms with Gasteiger partial charge in [-0.1, -0.05) is 64.5 Å². The predicted molar refractivity (Wildman–Crippen MR) is 171 cm³/mol. The molecular weight excluding hydrogens is 556 g/mol. The fourth-order valence-electron chi connectivity index (χ4n) is 6.96. The molecule has 242 valence electrons. The summed E-state index contributed by atoms with van der Waals surface area (Å²) in [5.41, 5.74) is 2.76. The molecule has 9 nitrogen and oxygen atoms in total. The number of amides is 3. The summed E-state index contributed by atoms with van der Waals surface area (Å²) in [5.74, 6) is -0.939. The van der Waals surface area contributed by atoms with Gasteiger partial charge in [-0.25, -0.2) is 4.79 Å². The van der Waals surface area contributed by atoms with E-state index in [1.165, 1.54) is 5.56 Å². The number of benzene rings is 1. The minimum absolute atomic E-state index is 0.0152. The molecule has 3 aliphatic rings. The number of fused-ring (bicyclic) bond motifs is 1. The Kier molecular flexibility index (Phi) is 11.3. The van der Waals surface area contributed by atoms with Crippen LogP contribution in [0.3, 0.4) is 0 Å². The minimum atomic E-state index is -0.674. The van der Waals surface area contributed by atoms with E-state index in [-0.39, 0.29) is 53.7 Å². The van der Waals surface area contributed by atoms with E-state index >= 15 is 0 Å². The lowest BCUT2D eigenvalue weighted by atomic mass is 9.96. The van der Waals surface area contributed by atoms with Gasteiger partial charge < -0.3 is 19.9 Å². The summed E-state index contributed by atoms with van der Waals surface area (Å²) >= 11 is 0. The number of nitrogens with one attached hydrogen (secondary N) is 1. The van der Waals surface area contributed by atoms with Crippen LogP contribution in [0.1, 0.15) is 90.4 Å². The number of piperidine rings is 1. The molecule has 2 aliphatic heterocycles. The number of hydrogen-bond donors (Lipinski definition) is 1. The summed E-state index contributed by atoms with van der Waals surface area (Å²) < 4.78 is 5.96. The molecule has 1 unspecified atom stereocenters. The van der Waals surface area contributed by atoms with Crippen molar-refractivity contribution in [1.82, 2.24) is 20.0 Å². The Morgan fingerprint density at radius 2 is 1.66 bits per heavy atom. The maximum atomic E-state index is 13.8. The van der Waals surface area contributed by atoms with Gasteiger partial charge in [-0.3, -0.25) is 19.3 Å². The number of carbonyl (C=O) groups excluding carboxylic acids is 4. The fraction of sp³-hybridized carbons (Fsp3) is 0.657. The van der Waals surface area contributed by atoms with E-state index in [0.717, 1.165) is 50.6 Å². The Morgan fingerprint density at radius 3 is 2.34 bits per heavy atom. The van der Waals surface area contributed by atoms with Crippen molar-refractivity contribution in [2.75, 3.05) is 27.2 Å². The van der Waals surface area contributed by atoms with Gasteiger partial charge in [-0.15, -0.1) is 0 Å². The van der Waals surface area contributed by atoms with Crippen LogP contribution in [0.15, 0.2) is 35.9 Å². The third kappa shape index (κ3) is 7.53. The van der Waals surface area contributed by atoms with Crippen molar-refractivity contribution in [3.05, 3.63) is 47.0 Å². The summed E-state index contributed by atoms with van der Waals surface area (Å²) in [4.78, 5) is 59.4. The van der Waals surface area contributed by atoms with Crippen molar-refractivity contribution in [2.24, 2.45) is 11.8 Å². The molecule has 9 heteroatoms. The summed E-state index contributed by atoms with van der Waals surface area (Å²) in [6.45, 7) is 11.0. The zero-order valence-corrected chi connectivity index (χ0v) is 27.7. The molecule has 3 amide bonds. The number of rotatable bonds is 10. The topological polar surface area (TPSA) is 99.3 Å². The first kappa shape index (κ1) is 33.7. The third-order valence-corrected chi connectivity index (χ3v) is 9.66. The van der Waals surface area contributed by atoms with E-state index in [4.69, 9.17) is 4.74 Å². The van der Waals surface area contributed by atoms with Gasteiger partial charge in [-0.05, 0) is 82.0 Å². The van der Waals surface area contributed by atoms with E-state index in [2.05, 4.69) is 16.3 Å². The lowest BCUT2D eigenvalue weighted by Crippen LogP contribution is -2.57. The first-order valence-electron chi connectivity index (χ1n) is 16.5. The Morgan fingerprint density at radius 1 is 0.955 bits per heavy atom. The molecular formula is C35H52N4O5. The molecule has 1 N–H and O–H groups in total. The molecule has 44 heavy (non-hydrogen) atoms. The van der Waals surface area contributed by atoms with Crippen molar-refractivity contribution in [3.63, 3.8) is 0 Å². The summed E-state index contributed by atoms with van der Waals surface area (Å²) in [6, 6.07) is 6.16. The lowest BCUT2D eigenvalue weighted by molar-refractivity contribution is -0.157. The molecule has 5 atom stereocenters. The highest BCUT2D eigenvalue weighted by Gasteiger charge is 2.39. The lowest BCUT2D eigenvalue weighted by Gasteiger charge is -2.36. The van der Waals surface area contributed by atoms with Crippen LogP contribution in [-0.2, 0) is 30.3 Å². The van der Waals surface area contributed by atoms with Crippen LogP contribution in [0.25, 0.3) is 0 Å². The van der Waals surface area contributed by atoms with Crippen molar-refractivity contribution in [3.8, 4) is 0 Å². The van der Waals surface area contributed by atoms with Gasteiger partial charge in [0.2, 0.25) is 17.7 Å². The second kappa shape index (κ2) is 14.7. The van der Waals surface area contributed by atoms with Crippen LogP contribution in [0.5, 0.6) is 0 Å². The standard InChI is InChI=1S/C35H52N4O5/c1-22(2)29(38(7)34(42)31(23(3)4)36-32(40)27-15-10-11-19-37(27)6)21-24(5)33(41)39-20-12-16-28(39)35(43)44-30-18-17-25-13-8-9-14-26(25)30/h8-9,13-14,21-23,27-31H,10-12,15-20H2,1-7H3,(H,36,40)/b24-21+/t27-,28+,29-,30?,31+/m1/s1. The molecule has 0 bridgehead atoms. The number of carbonyl (C=O) groups is 4. The smallest absolute Gasteiger partial charge is 0.329 e. The van der Waals surface area contributed by atoms with Crippen molar-refractivity contribution in [2.45, 2.75) is 110 Å². The normalized spacial score (nSPS) is 23.8.